The number of para-hydroxylation sites is 1. The molecule has 0 spiro atoms. The van der Waals surface area contributed by atoms with Crippen LogP contribution in [0.4, 0.5) is 28.9 Å². The summed E-state index contributed by atoms with van der Waals surface area (Å²) in [6.45, 7) is 3.44. The van der Waals surface area contributed by atoms with E-state index < -0.39 is 29.5 Å². The highest BCUT2D eigenvalue weighted by Crippen LogP contribution is 2.34. The van der Waals surface area contributed by atoms with Crippen LogP contribution in [0, 0.1) is 5.82 Å². The van der Waals surface area contributed by atoms with Gasteiger partial charge in [0.1, 0.15) is 5.82 Å². The van der Waals surface area contributed by atoms with E-state index in [1.165, 1.54) is 30.3 Å². The van der Waals surface area contributed by atoms with Gasteiger partial charge in [0.15, 0.2) is 0 Å². The Kier molecular flexibility index (Phi) is 7.93. The van der Waals surface area contributed by atoms with Crippen LogP contribution in [0.25, 0.3) is 0 Å². The summed E-state index contributed by atoms with van der Waals surface area (Å²) in [6, 6.07) is 8.23. The largest absolute Gasteiger partial charge is 0.418 e. The summed E-state index contributed by atoms with van der Waals surface area (Å²) >= 11 is 5.72. The second-order valence-corrected chi connectivity index (χ2v) is 8.13. The number of anilines is 2. The van der Waals surface area contributed by atoms with Gasteiger partial charge in [-0.05, 0) is 37.3 Å². The van der Waals surface area contributed by atoms with E-state index in [2.05, 4.69) is 10.6 Å². The zero-order chi connectivity index (χ0) is 24.2. The Balaban J connectivity index is 1.49. The van der Waals surface area contributed by atoms with Crippen molar-refractivity contribution < 1.29 is 27.2 Å². The summed E-state index contributed by atoms with van der Waals surface area (Å²) in [7, 11) is 0. The highest BCUT2D eigenvalue weighted by molar-refractivity contribution is 6.30. The van der Waals surface area contributed by atoms with Crippen molar-refractivity contribution in [3.63, 3.8) is 0 Å². The number of carbonyl (C=O) groups excluding carboxylic acids is 2. The van der Waals surface area contributed by atoms with Crippen molar-refractivity contribution in [3.05, 3.63) is 58.9 Å². The van der Waals surface area contributed by atoms with Crippen LogP contribution < -0.4 is 10.6 Å². The summed E-state index contributed by atoms with van der Waals surface area (Å²) < 4.78 is 53.2. The molecule has 2 aromatic rings. The lowest BCUT2D eigenvalue weighted by Crippen LogP contribution is -2.53. The van der Waals surface area contributed by atoms with Crippen LogP contribution in [0.1, 0.15) is 12.5 Å². The van der Waals surface area contributed by atoms with Gasteiger partial charge in [-0.3, -0.25) is 19.4 Å². The standard InChI is InChI=1S/C22H23ClF4N4O2/c1-14(21(33)29-19-7-6-15(23)12-17(19)24)31-10-8-30(9-11-31)13-20(32)28-18-5-3-2-4-16(18)22(25,26)27/h2-7,12,14H,8-11,13H2,1H3,(H,28,32)(H,29,33). The molecule has 2 amide bonds. The predicted molar refractivity (Wildman–Crippen MR) is 118 cm³/mol. The van der Waals surface area contributed by atoms with Crippen LogP contribution in [0.2, 0.25) is 5.02 Å². The Morgan fingerprint density at radius 3 is 2.33 bits per heavy atom. The topological polar surface area (TPSA) is 64.7 Å². The molecule has 0 aromatic heterocycles. The third-order valence-corrected chi connectivity index (χ3v) is 5.63. The molecule has 11 heteroatoms. The summed E-state index contributed by atoms with van der Waals surface area (Å²) in [5.41, 5.74) is -1.15. The molecule has 2 N–H and O–H groups in total. The van der Waals surface area contributed by atoms with Gasteiger partial charge in [-0.2, -0.15) is 13.2 Å². The fraction of sp³-hybridized carbons (Fsp3) is 0.364. The Bertz CT molecular complexity index is 1010. The molecule has 1 atom stereocenters. The molecule has 6 nitrogen and oxygen atoms in total. The first-order valence-electron chi connectivity index (χ1n) is 10.2. The molecule has 1 aliphatic rings. The minimum atomic E-state index is -4.57. The van der Waals surface area contributed by atoms with E-state index in [0.717, 1.165) is 12.1 Å². The zero-order valence-electron chi connectivity index (χ0n) is 17.8. The lowest BCUT2D eigenvalue weighted by atomic mass is 10.1. The van der Waals surface area contributed by atoms with E-state index in [9.17, 15) is 27.2 Å². The minimum absolute atomic E-state index is 0.0331. The van der Waals surface area contributed by atoms with Crippen LogP contribution in [0.15, 0.2) is 42.5 Å². The molecule has 1 heterocycles. The Morgan fingerprint density at radius 2 is 1.70 bits per heavy atom. The summed E-state index contributed by atoms with van der Waals surface area (Å²) in [6.07, 6.45) is -4.57. The van der Waals surface area contributed by atoms with Crippen molar-refractivity contribution in [2.75, 3.05) is 43.4 Å². The van der Waals surface area contributed by atoms with Crippen LogP contribution in [0.5, 0.6) is 0 Å². The second kappa shape index (κ2) is 10.5. The van der Waals surface area contributed by atoms with Crippen molar-refractivity contribution in [1.82, 2.24) is 9.80 Å². The van der Waals surface area contributed by atoms with E-state index in [1.807, 2.05) is 4.90 Å². The number of benzene rings is 2. The molecule has 1 saturated heterocycles. The molecule has 1 aliphatic heterocycles. The molecule has 178 valence electrons. The number of hydrogen-bond donors (Lipinski definition) is 2. The highest BCUT2D eigenvalue weighted by Gasteiger charge is 2.34. The van der Waals surface area contributed by atoms with Gasteiger partial charge in [-0.15, -0.1) is 0 Å². The smallest absolute Gasteiger partial charge is 0.324 e. The summed E-state index contributed by atoms with van der Waals surface area (Å²) in [5, 5.41) is 5.09. The number of carbonyl (C=O) groups is 2. The lowest BCUT2D eigenvalue weighted by molar-refractivity contribution is -0.137. The van der Waals surface area contributed by atoms with E-state index in [4.69, 9.17) is 11.6 Å². The quantitative estimate of drug-likeness (QED) is 0.604. The molecule has 1 unspecified atom stereocenters. The van der Waals surface area contributed by atoms with Crippen molar-refractivity contribution in [1.29, 1.82) is 0 Å². The third kappa shape index (κ3) is 6.66. The van der Waals surface area contributed by atoms with E-state index in [-0.39, 0.29) is 28.8 Å². The maximum absolute atomic E-state index is 13.9. The van der Waals surface area contributed by atoms with Crippen LogP contribution in [-0.4, -0.2) is 60.4 Å². The molecular formula is C22H23ClF4N4O2. The first kappa shape index (κ1) is 24.9. The lowest BCUT2D eigenvalue weighted by Gasteiger charge is -2.37. The fourth-order valence-electron chi connectivity index (χ4n) is 3.53. The fourth-order valence-corrected chi connectivity index (χ4v) is 3.69. The molecule has 3 rings (SSSR count). The first-order chi connectivity index (χ1) is 15.5. The molecule has 33 heavy (non-hydrogen) atoms. The van der Waals surface area contributed by atoms with Gasteiger partial charge in [-0.25, -0.2) is 4.39 Å². The number of nitrogens with one attached hydrogen (secondary N) is 2. The Hall–Kier alpha value is -2.69. The van der Waals surface area contributed by atoms with E-state index >= 15 is 0 Å². The molecule has 0 saturated carbocycles. The number of halogens is 5. The maximum atomic E-state index is 13.9. The van der Waals surface area contributed by atoms with E-state index in [0.29, 0.717) is 26.2 Å². The number of alkyl halides is 3. The van der Waals surface area contributed by atoms with E-state index in [1.54, 1.807) is 11.8 Å². The zero-order valence-corrected chi connectivity index (χ0v) is 18.5. The average molecular weight is 487 g/mol. The molecule has 0 aliphatic carbocycles. The minimum Gasteiger partial charge on any atom is -0.324 e. The molecule has 1 fully saturated rings. The molecule has 0 bridgehead atoms. The van der Waals surface area contributed by atoms with Crippen molar-refractivity contribution >= 4 is 34.8 Å². The van der Waals surface area contributed by atoms with Crippen LogP contribution in [0.3, 0.4) is 0 Å². The van der Waals surface area contributed by atoms with Gasteiger partial charge in [0.2, 0.25) is 11.8 Å². The monoisotopic (exact) mass is 486 g/mol. The number of rotatable bonds is 6. The maximum Gasteiger partial charge on any atom is 0.418 e. The van der Waals surface area contributed by atoms with Gasteiger partial charge < -0.3 is 10.6 Å². The van der Waals surface area contributed by atoms with Gasteiger partial charge in [0.25, 0.3) is 0 Å². The van der Waals surface area contributed by atoms with Gasteiger partial charge in [0, 0.05) is 31.2 Å². The van der Waals surface area contributed by atoms with Crippen molar-refractivity contribution in [3.8, 4) is 0 Å². The first-order valence-corrected chi connectivity index (χ1v) is 10.6. The Morgan fingerprint density at radius 1 is 1.03 bits per heavy atom. The predicted octanol–water partition coefficient (Wildman–Crippen LogP) is 4.08. The number of nitrogens with zero attached hydrogens (tertiary/aromatic N) is 2. The van der Waals surface area contributed by atoms with Crippen LogP contribution in [-0.2, 0) is 15.8 Å². The van der Waals surface area contributed by atoms with Gasteiger partial charge in [-0.1, -0.05) is 23.7 Å². The molecular weight excluding hydrogens is 464 g/mol. The summed E-state index contributed by atoms with van der Waals surface area (Å²) in [4.78, 5) is 28.5. The SMILES string of the molecule is CC(C(=O)Nc1ccc(Cl)cc1F)N1CCN(CC(=O)Nc2ccccc2C(F)(F)F)CC1. The summed E-state index contributed by atoms with van der Waals surface area (Å²) in [5.74, 6) is -1.57. The normalized spacial score (nSPS) is 16.3. The Labute approximate surface area is 193 Å². The number of amides is 2. The van der Waals surface area contributed by atoms with Crippen molar-refractivity contribution in [2.24, 2.45) is 0 Å². The average Bonchev–Trinajstić information content (AvgIpc) is 2.75. The second-order valence-electron chi connectivity index (χ2n) is 7.69. The van der Waals surface area contributed by atoms with Gasteiger partial charge in [0.05, 0.1) is 29.5 Å². The van der Waals surface area contributed by atoms with Gasteiger partial charge >= 0.3 is 6.18 Å². The van der Waals surface area contributed by atoms with Crippen LogP contribution >= 0.6 is 11.6 Å². The third-order valence-electron chi connectivity index (χ3n) is 5.40. The van der Waals surface area contributed by atoms with Crippen molar-refractivity contribution in [2.45, 2.75) is 19.1 Å². The number of hydrogen-bond acceptors (Lipinski definition) is 4. The highest BCUT2D eigenvalue weighted by atomic mass is 35.5. The number of piperazine rings is 1. The molecule has 2 aromatic carbocycles. The molecule has 0 radical (unpaired) electrons.